The molecule has 1 amide bonds. The third-order valence-corrected chi connectivity index (χ3v) is 7.44. The van der Waals surface area contributed by atoms with Gasteiger partial charge in [0.2, 0.25) is 0 Å². The molecule has 2 heterocycles. The monoisotopic (exact) mass is 472 g/mol. The lowest BCUT2D eigenvalue weighted by Gasteiger charge is -2.24. The minimum atomic E-state index is -0.454. The number of nitro benzene ring substituents is 1. The van der Waals surface area contributed by atoms with Gasteiger partial charge < -0.3 is 4.90 Å². The number of non-ortho nitro benzene ring substituents is 1. The van der Waals surface area contributed by atoms with Crippen molar-refractivity contribution >= 4 is 59.7 Å². The number of thiophene rings is 1. The smallest absolute Gasteiger partial charge is 0.270 e. The molecule has 2 aromatic heterocycles. The van der Waals surface area contributed by atoms with Crippen molar-refractivity contribution < 1.29 is 14.1 Å². The number of likely N-dealkylation sites (N-methyl/N-ethyl adjacent to an activating group) is 1. The molecule has 10 heteroatoms. The molecule has 0 aliphatic rings. The molecule has 0 spiro atoms. The maximum Gasteiger partial charge on any atom is 0.270 e. The van der Waals surface area contributed by atoms with Crippen molar-refractivity contribution in [1.82, 2.24) is 9.88 Å². The van der Waals surface area contributed by atoms with Gasteiger partial charge in [-0.2, -0.15) is 0 Å². The van der Waals surface area contributed by atoms with E-state index in [9.17, 15) is 19.3 Å². The van der Waals surface area contributed by atoms with Crippen molar-refractivity contribution in [1.29, 1.82) is 0 Å². The fraction of sp³-hybridized carbons (Fsp3) is 0.273. The molecule has 0 unspecified atom stereocenters. The van der Waals surface area contributed by atoms with E-state index < -0.39 is 10.7 Å². The van der Waals surface area contributed by atoms with E-state index in [4.69, 9.17) is 0 Å². The van der Waals surface area contributed by atoms with E-state index in [1.807, 2.05) is 0 Å². The first-order valence-corrected chi connectivity index (χ1v) is 11.8. The summed E-state index contributed by atoms with van der Waals surface area (Å²) < 4.78 is 15.7. The summed E-state index contributed by atoms with van der Waals surface area (Å²) in [7, 11) is 0. The minimum Gasteiger partial charge on any atom is -0.302 e. The molecule has 4 rings (SSSR count). The third-order valence-electron chi connectivity index (χ3n) is 5.29. The number of nitro groups is 1. The van der Waals surface area contributed by atoms with E-state index in [0.717, 1.165) is 17.8 Å². The molecule has 0 N–H and O–H groups in total. The molecule has 0 bridgehead atoms. The second-order valence-electron chi connectivity index (χ2n) is 7.16. The van der Waals surface area contributed by atoms with Crippen molar-refractivity contribution in [3.05, 3.63) is 63.3 Å². The normalized spacial score (nSPS) is 11.5. The van der Waals surface area contributed by atoms with Gasteiger partial charge in [0.15, 0.2) is 5.13 Å². The highest BCUT2D eigenvalue weighted by Gasteiger charge is 2.24. The van der Waals surface area contributed by atoms with Crippen molar-refractivity contribution in [3.63, 3.8) is 0 Å². The standard InChI is InChI=1S/C22H21FN4O3S2/c1-3-25(4-2)10-11-26(22-24-20-16(23)6-5-7-18(20)32-22)21(28)19-13-14-12-15(27(29)30)8-9-17(14)31-19/h5-9,12-13H,3-4,10-11H2,1-2H3. The lowest BCUT2D eigenvalue weighted by Crippen LogP contribution is -2.38. The Morgan fingerprint density at radius 3 is 2.56 bits per heavy atom. The highest BCUT2D eigenvalue weighted by Crippen LogP contribution is 2.34. The number of aromatic nitrogens is 1. The summed E-state index contributed by atoms with van der Waals surface area (Å²) in [5, 5.41) is 12.2. The van der Waals surface area contributed by atoms with E-state index in [2.05, 4.69) is 23.7 Å². The summed E-state index contributed by atoms with van der Waals surface area (Å²) in [6, 6.07) is 11.0. The van der Waals surface area contributed by atoms with Gasteiger partial charge in [-0.25, -0.2) is 9.37 Å². The van der Waals surface area contributed by atoms with Crippen molar-refractivity contribution in [2.45, 2.75) is 13.8 Å². The molecule has 0 aliphatic carbocycles. The number of benzene rings is 2. The Labute approximate surface area is 191 Å². The van der Waals surface area contributed by atoms with Gasteiger partial charge in [0.1, 0.15) is 11.3 Å². The summed E-state index contributed by atoms with van der Waals surface area (Å²) in [6.07, 6.45) is 0. The average Bonchev–Trinajstić information content (AvgIpc) is 3.41. The van der Waals surface area contributed by atoms with Crippen LogP contribution in [-0.2, 0) is 0 Å². The number of anilines is 1. The number of thiazole rings is 1. The SMILES string of the molecule is CCN(CC)CCN(C(=O)c1cc2cc([N+](=O)[O-])ccc2s1)c1nc2c(F)cccc2s1. The Hall–Kier alpha value is -2.95. The number of hydrogen-bond donors (Lipinski definition) is 0. The van der Waals surface area contributed by atoms with Crippen LogP contribution in [-0.4, -0.2) is 46.9 Å². The number of carbonyl (C=O) groups excluding carboxylic acids is 1. The predicted molar refractivity (Wildman–Crippen MR) is 128 cm³/mol. The molecule has 0 atom stereocenters. The van der Waals surface area contributed by atoms with Crippen LogP contribution in [0, 0.1) is 15.9 Å². The largest absolute Gasteiger partial charge is 0.302 e. The number of nitrogens with zero attached hydrogens (tertiary/aromatic N) is 4. The Kier molecular flexibility index (Phi) is 6.45. The van der Waals surface area contributed by atoms with Crippen molar-refractivity contribution in [2.24, 2.45) is 0 Å². The third kappa shape index (κ3) is 4.34. The van der Waals surface area contributed by atoms with E-state index >= 15 is 0 Å². The fourth-order valence-corrected chi connectivity index (χ4v) is 5.46. The molecule has 0 aliphatic heterocycles. The lowest BCUT2D eigenvalue weighted by atomic mass is 10.2. The van der Waals surface area contributed by atoms with Gasteiger partial charge in [-0.1, -0.05) is 31.3 Å². The van der Waals surface area contributed by atoms with Gasteiger partial charge in [-0.05, 0) is 37.4 Å². The Morgan fingerprint density at radius 1 is 1.09 bits per heavy atom. The van der Waals surface area contributed by atoms with Crippen LogP contribution < -0.4 is 4.90 Å². The first kappa shape index (κ1) is 22.3. The lowest BCUT2D eigenvalue weighted by molar-refractivity contribution is -0.384. The van der Waals surface area contributed by atoms with Crippen molar-refractivity contribution in [3.8, 4) is 0 Å². The summed E-state index contributed by atoms with van der Waals surface area (Å²) in [5.41, 5.74) is 0.231. The highest BCUT2D eigenvalue weighted by atomic mass is 32.1. The summed E-state index contributed by atoms with van der Waals surface area (Å²) in [5.74, 6) is -0.671. The van der Waals surface area contributed by atoms with Gasteiger partial charge >= 0.3 is 0 Å². The number of hydrogen-bond acceptors (Lipinski definition) is 7. The molecule has 7 nitrogen and oxygen atoms in total. The van der Waals surface area contributed by atoms with Crippen LogP contribution in [0.2, 0.25) is 0 Å². The Bertz CT molecular complexity index is 1300. The van der Waals surface area contributed by atoms with Gasteiger partial charge in [0.25, 0.3) is 11.6 Å². The molecule has 166 valence electrons. The van der Waals surface area contributed by atoms with Crippen LogP contribution in [0.25, 0.3) is 20.3 Å². The average molecular weight is 473 g/mol. The number of para-hydroxylation sites is 1. The quantitative estimate of drug-likeness (QED) is 0.248. The maximum absolute atomic E-state index is 14.2. The number of carbonyl (C=O) groups is 1. The predicted octanol–water partition coefficient (Wildman–Crippen LogP) is 5.55. The first-order valence-electron chi connectivity index (χ1n) is 10.2. The van der Waals surface area contributed by atoms with Crippen LogP contribution in [0.4, 0.5) is 15.2 Å². The van der Waals surface area contributed by atoms with Crippen LogP contribution >= 0.6 is 22.7 Å². The number of amides is 1. The Morgan fingerprint density at radius 2 is 1.88 bits per heavy atom. The van der Waals surface area contributed by atoms with Crippen LogP contribution in [0.3, 0.4) is 0 Å². The van der Waals surface area contributed by atoms with Crippen molar-refractivity contribution in [2.75, 3.05) is 31.1 Å². The number of halogens is 1. The zero-order valence-electron chi connectivity index (χ0n) is 17.6. The topological polar surface area (TPSA) is 79.6 Å². The van der Waals surface area contributed by atoms with E-state index in [1.165, 1.54) is 40.9 Å². The Balaban J connectivity index is 1.72. The van der Waals surface area contributed by atoms with Gasteiger partial charge in [-0.15, -0.1) is 11.3 Å². The van der Waals surface area contributed by atoms with Crippen LogP contribution in [0.5, 0.6) is 0 Å². The fourth-order valence-electron chi connectivity index (χ4n) is 3.47. The first-order chi connectivity index (χ1) is 15.4. The van der Waals surface area contributed by atoms with Gasteiger partial charge in [0.05, 0.1) is 14.5 Å². The second-order valence-corrected chi connectivity index (χ2v) is 9.25. The molecule has 2 aromatic carbocycles. The number of rotatable bonds is 8. The molecular formula is C22H21FN4O3S2. The number of fused-ring (bicyclic) bond motifs is 2. The molecule has 0 saturated carbocycles. The molecular weight excluding hydrogens is 451 g/mol. The molecule has 32 heavy (non-hydrogen) atoms. The second kappa shape index (κ2) is 9.27. The maximum atomic E-state index is 14.2. The summed E-state index contributed by atoms with van der Waals surface area (Å²) in [6.45, 7) is 6.85. The summed E-state index contributed by atoms with van der Waals surface area (Å²) >= 11 is 2.55. The molecule has 0 saturated heterocycles. The summed E-state index contributed by atoms with van der Waals surface area (Å²) in [4.78, 5) is 32.8. The van der Waals surface area contributed by atoms with E-state index in [-0.39, 0.29) is 17.1 Å². The minimum absolute atomic E-state index is 0.0191. The zero-order chi connectivity index (χ0) is 22.8. The zero-order valence-corrected chi connectivity index (χ0v) is 19.2. The van der Waals surface area contributed by atoms with Crippen LogP contribution in [0.1, 0.15) is 23.5 Å². The van der Waals surface area contributed by atoms with Gasteiger partial charge in [0, 0.05) is 35.3 Å². The molecule has 4 aromatic rings. The highest BCUT2D eigenvalue weighted by molar-refractivity contribution is 7.23. The van der Waals surface area contributed by atoms with E-state index in [1.54, 1.807) is 29.2 Å². The van der Waals surface area contributed by atoms with E-state index in [0.29, 0.717) is 33.2 Å². The van der Waals surface area contributed by atoms with Gasteiger partial charge in [-0.3, -0.25) is 19.8 Å². The van der Waals surface area contributed by atoms with Crippen LogP contribution in [0.15, 0.2) is 42.5 Å². The molecule has 0 radical (unpaired) electrons. The molecule has 0 fully saturated rings.